The van der Waals surface area contributed by atoms with Gasteiger partial charge in [-0.2, -0.15) is 0 Å². The second-order valence-corrected chi connectivity index (χ2v) is 5.15. The van der Waals surface area contributed by atoms with Gasteiger partial charge in [0.25, 0.3) is 5.91 Å². The quantitative estimate of drug-likeness (QED) is 0.629. The summed E-state index contributed by atoms with van der Waals surface area (Å²) in [6.45, 7) is 2.08. The summed E-state index contributed by atoms with van der Waals surface area (Å²) in [6.07, 6.45) is 1.00. The van der Waals surface area contributed by atoms with E-state index in [1.165, 1.54) is 11.3 Å². The average molecular weight is 298 g/mol. The number of carboxylic acid groups (broad SMARTS) is 1. The fourth-order valence-corrected chi connectivity index (χ4v) is 2.19. The molecule has 0 fully saturated rings. The molecule has 20 heavy (non-hydrogen) atoms. The molecule has 1 rings (SSSR count). The van der Waals surface area contributed by atoms with Crippen molar-refractivity contribution >= 4 is 29.1 Å². The van der Waals surface area contributed by atoms with Gasteiger partial charge in [-0.3, -0.25) is 9.59 Å². The molecule has 6 nitrogen and oxygen atoms in total. The molecule has 0 aromatic carbocycles. The lowest BCUT2D eigenvalue weighted by Gasteiger charge is -2.12. The van der Waals surface area contributed by atoms with Crippen LogP contribution in [0.5, 0.6) is 0 Å². The first-order valence-electron chi connectivity index (χ1n) is 6.38. The first-order valence-corrected chi connectivity index (χ1v) is 7.26. The Morgan fingerprint density at radius 1 is 1.40 bits per heavy atom. The van der Waals surface area contributed by atoms with Crippen LogP contribution < -0.4 is 10.6 Å². The number of carboxylic acids is 1. The van der Waals surface area contributed by atoms with Gasteiger partial charge in [-0.15, -0.1) is 11.3 Å². The van der Waals surface area contributed by atoms with E-state index in [0.29, 0.717) is 24.3 Å². The first-order chi connectivity index (χ1) is 9.54. The first kappa shape index (κ1) is 16.2. The molecule has 1 heterocycles. The van der Waals surface area contributed by atoms with E-state index in [9.17, 15) is 14.4 Å². The maximum absolute atomic E-state index is 11.6. The van der Waals surface area contributed by atoms with E-state index in [0.717, 1.165) is 0 Å². The zero-order valence-electron chi connectivity index (χ0n) is 11.2. The van der Waals surface area contributed by atoms with E-state index in [1.54, 1.807) is 19.1 Å². The largest absolute Gasteiger partial charge is 0.480 e. The molecule has 110 valence electrons. The molecule has 1 aromatic heterocycles. The molecule has 0 aliphatic carbocycles. The van der Waals surface area contributed by atoms with Crippen molar-refractivity contribution in [2.45, 2.75) is 32.2 Å². The number of nitrogens with one attached hydrogen (secondary N) is 2. The van der Waals surface area contributed by atoms with Gasteiger partial charge >= 0.3 is 5.97 Å². The summed E-state index contributed by atoms with van der Waals surface area (Å²) in [4.78, 5) is 34.5. The van der Waals surface area contributed by atoms with Crippen LogP contribution >= 0.6 is 11.3 Å². The minimum absolute atomic E-state index is 0.155. The molecule has 0 aliphatic rings. The van der Waals surface area contributed by atoms with Crippen molar-refractivity contribution in [3.8, 4) is 0 Å². The number of amides is 2. The number of carbonyl (C=O) groups is 3. The van der Waals surface area contributed by atoms with Crippen LogP contribution in [0.2, 0.25) is 0 Å². The Labute approximate surface area is 121 Å². The third kappa shape index (κ3) is 5.40. The number of thiophene rings is 1. The lowest BCUT2D eigenvalue weighted by Crippen LogP contribution is -2.40. The summed E-state index contributed by atoms with van der Waals surface area (Å²) in [6, 6.07) is 2.68. The lowest BCUT2D eigenvalue weighted by atomic mass is 10.2. The minimum Gasteiger partial charge on any atom is -0.480 e. The third-order valence-corrected chi connectivity index (χ3v) is 3.52. The van der Waals surface area contributed by atoms with Crippen molar-refractivity contribution in [3.63, 3.8) is 0 Å². The molecule has 7 heteroatoms. The Balaban J connectivity index is 2.19. The van der Waals surface area contributed by atoms with Crippen molar-refractivity contribution in [2.24, 2.45) is 0 Å². The molecule has 3 N–H and O–H groups in total. The van der Waals surface area contributed by atoms with Gasteiger partial charge in [-0.1, -0.05) is 13.0 Å². The zero-order chi connectivity index (χ0) is 15.0. The van der Waals surface area contributed by atoms with Crippen molar-refractivity contribution in [1.82, 2.24) is 10.6 Å². The maximum Gasteiger partial charge on any atom is 0.326 e. The molecule has 0 saturated heterocycles. The highest BCUT2D eigenvalue weighted by atomic mass is 32.1. The van der Waals surface area contributed by atoms with Crippen LogP contribution in [0, 0.1) is 0 Å². The Kier molecular flexibility index (Phi) is 6.72. The molecule has 0 radical (unpaired) electrons. The molecule has 0 spiro atoms. The van der Waals surface area contributed by atoms with Gasteiger partial charge in [-0.05, 0) is 24.3 Å². The fraction of sp³-hybridized carbons (Fsp3) is 0.462. The normalized spacial score (nSPS) is 11.7. The van der Waals surface area contributed by atoms with Gasteiger partial charge in [0, 0.05) is 13.0 Å². The van der Waals surface area contributed by atoms with Crippen LogP contribution in [-0.4, -0.2) is 35.5 Å². The van der Waals surface area contributed by atoms with Crippen LogP contribution in [-0.2, 0) is 9.59 Å². The molecule has 0 unspecified atom stereocenters. The molecule has 0 aliphatic heterocycles. The van der Waals surface area contributed by atoms with E-state index >= 15 is 0 Å². The molecule has 1 aromatic rings. The number of rotatable bonds is 8. The standard InChI is InChI=1S/C13H18N2O4S/c1-2-9(13(18)19)15-11(16)6-3-7-14-12(17)10-5-4-8-20-10/h4-5,8-9H,2-3,6-7H2,1H3,(H,14,17)(H,15,16)(H,18,19)/t9-/m0/s1. The monoisotopic (exact) mass is 298 g/mol. The Bertz CT molecular complexity index is 459. The Morgan fingerprint density at radius 3 is 2.70 bits per heavy atom. The van der Waals surface area contributed by atoms with Crippen LogP contribution in [0.15, 0.2) is 17.5 Å². The molecule has 1 atom stereocenters. The van der Waals surface area contributed by atoms with Gasteiger partial charge in [0.15, 0.2) is 0 Å². The molecule has 2 amide bonds. The summed E-state index contributed by atoms with van der Waals surface area (Å²) in [5.74, 6) is -1.51. The van der Waals surface area contributed by atoms with Crippen molar-refractivity contribution in [2.75, 3.05) is 6.54 Å². The summed E-state index contributed by atoms with van der Waals surface area (Å²) in [5, 5.41) is 15.8. The minimum atomic E-state index is -1.04. The van der Waals surface area contributed by atoms with E-state index in [-0.39, 0.29) is 18.2 Å². The number of aliphatic carboxylic acids is 1. The SMILES string of the molecule is CC[C@H](NC(=O)CCCNC(=O)c1cccs1)C(=O)O. The van der Waals surface area contributed by atoms with Crippen LogP contribution in [0.1, 0.15) is 35.9 Å². The maximum atomic E-state index is 11.6. The average Bonchev–Trinajstić information content (AvgIpc) is 2.94. The second kappa shape index (κ2) is 8.31. The predicted molar refractivity (Wildman–Crippen MR) is 75.7 cm³/mol. The summed E-state index contributed by atoms with van der Waals surface area (Å²) >= 11 is 1.35. The van der Waals surface area contributed by atoms with Crippen molar-refractivity contribution < 1.29 is 19.5 Å². The molecule has 0 bridgehead atoms. The topological polar surface area (TPSA) is 95.5 Å². The Morgan fingerprint density at radius 2 is 2.15 bits per heavy atom. The number of hydrogen-bond acceptors (Lipinski definition) is 4. The second-order valence-electron chi connectivity index (χ2n) is 4.20. The van der Waals surface area contributed by atoms with Gasteiger partial charge in [-0.25, -0.2) is 4.79 Å². The van der Waals surface area contributed by atoms with Crippen molar-refractivity contribution in [1.29, 1.82) is 0 Å². The number of carbonyl (C=O) groups excluding carboxylic acids is 2. The summed E-state index contributed by atoms with van der Waals surface area (Å²) < 4.78 is 0. The summed E-state index contributed by atoms with van der Waals surface area (Å²) in [5.41, 5.74) is 0. The fourth-order valence-electron chi connectivity index (χ4n) is 1.55. The van der Waals surface area contributed by atoms with E-state index in [4.69, 9.17) is 5.11 Å². The third-order valence-electron chi connectivity index (χ3n) is 2.65. The van der Waals surface area contributed by atoms with E-state index in [1.807, 2.05) is 5.38 Å². The van der Waals surface area contributed by atoms with E-state index in [2.05, 4.69) is 10.6 Å². The molecular formula is C13H18N2O4S. The molecule has 0 saturated carbocycles. The van der Waals surface area contributed by atoms with Crippen LogP contribution in [0.25, 0.3) is 0 Å². The van der Waals surface area contributed by atoms with Crippen molar-refractivity contribution in [3.05, 3.63) is 22.4 Å². The zero-order valence-corrected chi connectivity index (χ0v) is 12.0. The highest BCUT2D eigenvalue weighted by Gasteiger charge is 2.17. The van der Waals surface area contributed by atoms with E-state index < -0.39 is 12.0 Å². The van der Waals surface area contributed by atoms with Gasteiger partial charge < -0.3 is 15.7 Å². The summed E-state index contributed by atoms with van der Waals surface area (Å²) in [7, 11) is 0. The predicted octanol–water partition coefficient (Wildman–Crippen LogP) is 1.24. The van der Waals surface area contributed by atoms with Crippen LogP contribution in [0.3, 0.4) is 0 Å². The van der Waals surface area contributed by atoms with Gasteiger partial charge in [0.1, 0.15) is 6.04 Å². The number of hydrogen-bond donors (Lipinski definition) is 3. The van der Waals surface area contributed by atoms with Gasteiger partial charge in [0.05, 0.1) is 4.88 Å². The smallest absolute Gasteiger partial charge is 0.326 e. The Hall–Kier alpha value is -1.89. The molecular weight excluding hydrogens is 280 g/mol. The van der Waals surface area contributed by atoms with Crippen LogP contribution in [0.4, 0.5) is 0 Å². The lowest BCUT2D eigenvalue weighted by molar-refractivity contribution is -0.141. The van der Waals surface area contributed by atoms with Gasteiger partial charge in [0.2, 0.25) is 5.91 Å². The highest BCUT2D eigenvalue weighted by Crippen LogP contribution is 2.07. The highest BCUT2D eigenvalue weighted by molar-refractivity contribution is 7.12.